The van der Waals surface area contributed by atoms with Crippen LogP contribution in [0.25, 0.3) is 0 Å². The van der Waals surface area contributed by atoms with E-state index in [1.54, 1.807) is 7.11 Å². The number of likely N-dealkylation sites (N-methyl/N-ethyl adjacent to an activating group) is 1. The Morgan fingerprint density at radius 1 is 1.39 bits per heavy atom. The summed E-state index contributed by atoms with van der Waals surface area (Å²) >= 11 is 0. The number of carbonyl (C=O) groups is 1. The van der Waals surface area contributed by atoms with Crippen molar-refractivity contribution >= 4 is 5.91 Å². The highest BCUT2D eigenvalue weighted by molar-refractivity contribution is 5.86. The number of carbonyl (C=O) groups excluding carboxylic acids is 1. The number of nitrogens with zero attached hydrogens (tertiary/aromatic N) is 1. The highest BCUT2D eigenvalue weighted by Crippen LogP contribution is 2.18. The van der Waals surface area contributed by atoms with Crippen LogP contribution in [-0.2, 0) is 15.1 Å². The lowest BCUT2D eigenvalue weighted by Crippen LogP contribution is -2.56. The second-order valence-corrected chi connectivity index (χ2v) is 4.43. The third-order valence-corrected chi connectivity index (χ3v) is 2.93. The highest BCUT2D eigenvalue weighted by Gasteiger charge is 2.35. The average molecular weight is 251 g/mol. The van der Waals surface area contributed by atoms with Gasteiger partial charge in [0.15, 0.2) is 0 Å². The minimum absolute atomic E-state index is 0.357. The summed E-state index contributed by atoms with van der Waals surface area (Å²) < 4.78 is 4.99. The molecule has 100 valence electrons. The van der Waals surface area contributed by atoms with Crippen LogP contribution in [0.1, 0.15) is 5.56 Å². The average Bonchev–Trinajstić information content (AvgIpc) is 2.37. The first-order chi connectivity index (χ1) is 8.50. The van der Waals surface area contributed by atoms with Crippen molar-refractivity contribution in [1.82, 2.24) is 4.90 Å². The van der Waals surface area contributed by atoms with Crippen LogP contribution >= 0.6 is 0 Å². The van der Waals surface area contributed by atoms with Gasteiger partial charge in [-0.25, -0.2) is 0 Å². The molecular formula is C13H21N3O2. The van der Waals surface area contributed by atoms with E-state index in [-0.39, 0.29) is 0 Å². The predicted molar refractivity (Wildman–Crippen MR) is 70.9 cm³/mol. The van der Waals surface area contributed by atoms with Crippen LogP contribution in [0, 0.1) is 0 Å². The molecule has 4 N–H and O–H groups in total. The maximum Gasteiger partial charge on any atom is 0.243 e. The number of hydrogen-bond donors (Lipinski definition) is 2. The van der Waals surface area contributed by atoms with Gasteiger partial charge < -0.3 is 21.1 Å². The van der Waals surface area contributed by atoms with Gasteiger partial charge in [-0.1, -0.05) is 30.3 Å². The third-order valence-electron chi connectivity index (χ3n) is 2.93. The smallest absolute Gasteiger partial charge is 0.243 e. The Hall–Kier alpha value is -1.43. The Morgan fingerprint density at radius 2 is 2.00 bits per heavy atom. The van der Waals surface area contributed by atoms with E-state index < -0.39 is 11.4 Å². The van der Waals surface area contributed by atoms with Crippen molar-refractivity contribution in [3.63, 3.8) is 0 Å². The Balaban J connectivity index is 2.85. The van der Waals surface area contributed by atoms with E-state index in [2.05, 4.69) is 0 Å². The van der Waals surface area contributed by atoms with Crippen LogP contribution in [0.4, 0.5) is 0 Å². The van der Waals surface area contributed by atoms with Crippen LogP contribution in [0.15, 0.2) is 30.3 Å². The number of hydrogen-bond acceptors (Lipinski definition) is 4. The van der Waals surface area contributed by atoms with Crippen molar-refractivity contribution in [3.05, 3.63) is 35.9 Å². The van der Waals surface area contributed by atoms with Gasteiger partial charge in [0.2, 0.25) is 5.91 Å². The zero-order valence-electron chi connectivity index (χ0n) is 10.9. The van der Waals surface area contributed by atoms with Crippen molar-refractivity contribution in [1.29, 1.82) is 0 Å². The van der Waals surface area contributed by atoms with E-state index >= 15 is 0 Å². The number of nitrogens with two attached hydrogens (primary N) is 2. The highest BCUT2D eigenvalue weighted by atomic mass is 16.5. The minimum Gasteiger partial charge on any atom is -0.383 e. The number of methoxy groups -OCH3 is 1. The molecule has 5 heteroatoms. The molecule has 0 aliphatic heterocycles. The van der Waals surface area contributed by atoms with Crippen molar-refractivity contribution in [2.24, 2.45) is 11.5 Å². The first kappa shape index (κ1) is 14.6. The quantitative estimate of drug-likeness (QED) is 0.709. The van der Waals surface area contributed by atoms with Gasteiger partial charge in [0.25, 0.3) is 0 Å². The minimum atomic E-state index is -1.18. The molecule has 0 saturated heterocycles. The van der Waals surface area contributed by atoms with Gasteiger partial charge >= 0.3 is 0 Å². The summed E-state index contributed by atoms with van der Waals surface area (Å²) in [6.45, 7) is 1.63. The van der Waals surface area contributed by atoms with Crippen LogP contribution < -0.4 is 11.5 Å². The summed E-state index contributed by atoms with van der Waals surface area (Å²) in [6, 6.07) is 9.19. The van der Waals surface area contributed by atoms with E-state index in [9.17, 15) is 4.79 Å². The summed E-state index contributed by atoms with van der Waals surface area (Å²) in [6.07, 6.45) is 0. The molecule has 0 aromatic heterocycles. The molecule has 0 radical (unpaired) electrons. The van der Waals surface area contributed by atoms with Crippen molar-refractivity contribution < 1.29 is 9.53 Å². The Labute approximate surface area is 108 Å². The fourth-order valence-electron chi connectivity index (χ4n) is 1.80. The Morgan fingerprint density at radius 3 is 2.50 bits per heavy atom. The SMILES string of the molecule is COCCN(C)CC(N)(C(N)=O)c1ccccc1. The summed E-state index contributed by atoms with van der Waals surface area (Å²) in [5.41, 5.74) is 11.2. The van der Waals surface area contributed by atoms with Gasteiger partial charge in [-0.05, 0) is 12.6 Å². The largest absolute Gasteiger partial charge is 0.383 e. The molecule has 5 nitrogen and oxygen atoms in total. The predicted octanol–water partition coefficient (Wildman–Crippen LogP) is -0.0959. The van der Waals surface area contributed by atoms with E-state index in [1.807, 2.05) is 42.3 Å². The molecule has 0 saturated carbocycles. The van der Waals surface area contributed by atoms with Gasteiger partial charge in [0, 0.05) is 20.2 Å². The zero-order chi connectivity index (χ0) is 13.6. The lowest BCUT2D eigenvalue weighted by atomic mass is 9.89. The number of benzene rings is 1. The summed E-state index contributed by atoms with van der Waals surface area (Å²) in [4.78, 5) is 13.6. The molecule has 0 spiro atoms. The monoisotopic (exact) mass is 251 g/mol. The van der Waals surface area contributed by atoms with Crippen molar-refractivity contribution in [3.8, 4) is 0 Å². The second-order valence-electron chi connectivity index (χ2n) is 4.43. The van der Waals surface area contributed by atoms with Crippen molar-refractivity contribution in [2.75, 3.05) is 33.9 Å². The zero-order valence-corrected chi connectivity index (χ0v) is 10.9. The molecule has 1 aromatic rings. The van der Waals surface area contributed by atoms with Gasteiger partial charge in [0.05, 0.1) is 6.61 Å². The normalized spacial score (nSPS) is 14.4. The summed E-state index contributed by atoms with van der Waals surface area (Å²) in [5.74, 6) is -0.530. The molecule has 0 heterocycles. The number of primary amides is 1. The first-order valence-electron chi connectivity index (χ1n) is 5.82. The molecule has 1 amide bonds. The van der Waals surface area contributed by atoms with Crippen LogP contribution in [0.3, 0.4) is 0 Å². The molecule has 0 bridgehead atoms. The fourth-order valence-corrected chi connectivity index (χ4v) is 1.80. The number of rotatable bonds is 7. The maximum absolute atomic E-state index is 11.7. The molecule has 18 heavy (non-hydrogen) atoms. The number of amides is 1. The Kier molecular flexibility index (Phi) is 5.27. The summed E-state index contributed by atoms with van der Waals surface area (Å²) in [7, 11) is 3.52. The second kappa shape index (κ2) is 6.49. The van der Waals surface area contributed by atoms with Gasteiger partial charge in [-0.15, -0.1) is 0 Å². The lowest BCUT2D eigenvalue weighted by Gasteiger charge is -2.31. The topological polar surface area (TPSA) is 81.6 Å². The molecule has 0 aliphatic carbocycles. The first-order valence-corrected chi connectivity index (χ1v) is 5.82. The fraction of sp³-hybridized carbons (Fsp3) is 0.462. The van der Waals surface area contributed by atoms with Gasteiger partial charge in [-0.3, -0.25) is 4.79 Å². The van der Waals surface area contributed by atoms with E-state index in [0.717, 1.165) is 5.56 Å². The van der Waals surface area contributed by atoms with E-state index in [1.165, 1.54) is 0 Å². The number of ether oxygens (including phenoxy) is 1. The van der Waals surface area contributed by atoms with E-state index in [0.29, 0.717) is 19.7 Å². The molecule has 1 atom stereocenters. The van der Waals surface area contributed by atoms with E-state index in [4.69, 9.17) is 16.2 Å². The molecular weight excluding hydrogens is 230 g/mol. The maximum atomic E-state index is 11.7. The standard InChI is InChI=1S/C13H21N3O2/c1-16(8-9-18-2)10-13(15,12(14)17)11-6-4-3-5-7-11/h3-7H,8-10,15H2,1-2H3,(H2,14,17). The van der Waals surface area contributed by atoms with Crippen LogP contribution in [0.2, 0.25) is 0 Å². The molecule has 0 fully saturated rings. The van der Waals surface area contributed by atoms with Crippen LogP contribution in [-0.4, -0.2) is 44.7 Å². The van der Waals surface area contributed by atoms with Crippen LogP contribution in [0.5, 0.6) is 0 Å². The Bertz CT molecular complexity index is 383. The van der Waals surface area contributed by atoms with Gasteiger partial charge in [-0.2, -0.15) is 0 Å². The molecule has 0 aliphatic rings. The lowest BCUT2D eigenvalue weighted by molar-refractivity contribution is -0.124. The van der Waals surface area contributed by atoms with Crippen molar-refractivity contribution in [2.45, 2.75) is 5.54 Å². The van der Waals surface area contributed by atoms with Gasteiger partial charge in [0.1, 0.15) is 5.54 Å². The third kappa shape index (κ3) is 3.53. The molecule has 1 aromatic carbocycles. The molecule has 1 rings (SSSR count). The summed E-state index contributed by atoms with van der Waals surface area (Å²) in [5, 5.41) is 0. The molecule has 1 unspecified atom stereocenters.